The van der Waals surface area contributed by atoms with Crippen molar-refractivity contribution in [2.24, 2.45) is 0 Å². The first kappa shape index (κ1) is 21.9. The van der Waals surface area contributed by atoms with Crippen LogP contribution in [0.4, 0.5) is 4.79 Å². The van der Waals surface area contributed by atoms with Crippen LogP contribution >= 0.6 is 0 Å². The van der Waals surface area contributed by atoms with Crippen LogP contribution < -0.4 is 16.0 Å². The van der Waals surface area contributed by atoms with E-state index in [0.29, 0.717) is 18.7 Å². The summed E-state index contributed by atoms with van der Waals surface area (Å²) in [7, 11) is 0. The molecule has 0 radical (unpaired) electrons. The third-order valence-corrected chi connectivity index (χ3v) is 5.25. The van der Waals surface area contributed by atoms with Gasteiger partial charge >= 0.3 is 6.03 Å². The SMILES string of the molecule is CC(C)NC(=O)NCc1ccc(C(=O)NC[C@H](c2ccco2)N2CCCCC2)cc1. The van der Waals surface area contributed by atoms with Gasteiger partial charge in [0.1, 0.15) is 5.76 Å². The molecule has 3 N–H and O–H groups in total. The van der Waals surface area contributed by atoms with Crippen LogP contribution in [0.5, 0.6) is 0 Å². The number of benzene rings is 1. The first-order chi connectivity index (χ1) is 14.5. The highest BCUT2D eigenvalue weighted by Crippen LogP contribution is 2.24. The summed E-state index contributed by atoms with van der Waals surface area (Å²) in [6, 6.07) is 11.1. The second-order valence-electron chi connectivity index (χ2n) is 8.02. The van der Waals surface area contributed by atoms with Gasteiger partial charge in [0, 0.05) is 24.7 Å². The smallest absolute Gasteiger partial charge is 0.315 e. The Bertz CT molecular complexity index is 796. The van der Waals surface area contributed by atoms with Crippen LogP contribution in [0.2, 0.25) is 0 Å². The Kier molecular flexibility index (Phi) is 7.90. The molecule has 3 rings (SSSR count). The summed E-state index contributed by atoms with van der Waals surface area (Å²) in [6.07, 6.45) is 5.29. The van der Waals surface area contributed by atoms with E-state index < -0.39 is 0 Å². The Morgan fingerprint density at radius 1 is 1.03 bits per heavy atom. The summed E-state index contributed by atoms with van der Waals surface area (Å²) in [5.41, 5.74) is 1.54. The molecule has 3 amide bonds. The summed E-state index contributed by atoms with van der Waals surface area (Å²) in [4.78, 5) is 26.7. The van der Waals surface area contributed by atoms with Crippen molar-refractivity contribution < 1.29 is 14.0 Å². The molecule has 1 aliphatic heterocycles. The molecule has 0 unspecified atom stereocenters. The van der Waals surface area contributed by atoms with Gasteiger partial charge in [0.05, 0.1) is 12.3 Å². The standard InChI is InChI=1S/C23H32N4O3/c1-17(2)26-23(29)25-15-18-8-10-19(11-9-18)22(28)24-16-20(21-7-6-14-30-21)27-12-4-3-5-13-27/h6-11,14,17,20H,3-5,12-13,15-16H2,1-2H3,(H,24,28)(H2,25,26,29)/t20-/m1/s1. The van der Waals surface area contributed by atoms with Gasteiger partial charge in [0.25, 0.3) is 5.91 Å². The summed E-state index contributed by atoms with van der Waals surface area (Å²) >= 11 is 0. The van der Waals surface area contributed by atoms with Gasteiger partial charge in [0.2, 0.25) is 0 Å². The first-order valence-electron chi connectivity index (χ1n) is 10.7. The lowest BCUT2D eigenvalue weighted by atomic mass is 10.1. The molecule has 7 nitrogen and oxygen atoms in total. The number of likely N-dealkylation sites (tertiary alicyclic amines) is 1. The van der Waals surface area contributed by atoms with Crippen LogP contribution in [0.15, 0.2) is 47.1 Å². The molecular weight excluding hydrogens is 380 g/mol. The van der Waals surface area contributed by atoms with Gasteiger partial charge in [-0.2, -0.15) is 0 Å². The van der Waals surface area contributed by atoms with Gasteiger partial charge in [0.15, 0.2) is 0 Å². The van der Waals surface area contributed by atoms with Gasteiger partial charge in [-0.1, -0.05) is 18.6 Å². The van der Waals surface area contributed by atoms with E-state index in [-0.39, 0.29) is 24.0 Å². The lowest BCUT2D eigenvalue weighted by Gasteiger charge is -2.33. The first-order valence-corrected chi connectivity index (χ1v) is 10.7. The Morgan fingerprint density at radius 3 is 2.40 bits per heavy atom. The molecule has 1 aromatic heterocycles. The molecule has 1 aromatic carbocycles. The van der Waals surface area contributed by atoms with Gasteiger partial charge in [-0.25, -0.2) is 4.79 Å². The highest BCUT2D eigenvalue weighted by Gasteiger charge is 2.25. The number of urea groups is 1. The number of hydrogen-bond acceptors (Lipinski definition) is 4. The van der Waals surface area contributed by atoms with E-state index in [2.05, 4.69) is 20.9 Å². The molecule has 1 saturated heterocycles. The highest BCUT2D eigenvalue weighted by molar-refractivity contribution is 5.94. The maximum Gasteiger partial charge on any atom is 0.315 e. The zero-order valence-electron chi connectivity index (χ0n) is 17.8. The van der Waals surface area contributed by atoms with Gasteiger partial charge in [-0.3, -0.25) is 9.69 Å². The number of furan rings is 1. The quantitative estimate of drug-likeness (QED) is 0.620. The third kappa shape index (κ3) is 6.35. The molecule has 1 aliphatic rings. The van der Waals surface area contributed by atoms with Crippen molar-refractivity contribution in [2.45, 2.75) is 51.7 Å². The average molecular weight is 413 g/mol. The van der Waals surface area contributed by atoms with E-state index in [4.69, 9.17) is 4.42 Å². The number of piperidine rings is 1. The van der Waals surface area contributed by atoms with E-state index >= 15 is 0 Å². The molecule has 0 spiro atoms. The highest BCUT2D eigenvalue weighted by atomic mass is 16.3. The van der Waals surface area contributed by atoms with Crippen LogP contribution in [0.3, 0.4) is 0 Å². The maximum atomic E-state index is 12.7. The zero-order chi connectivity index (χ0) is 21.3. The summed E-state index contributed by atoms with van der Waals surface area (Å²) in [5.74, 6) is 0.777. The number of hydrogen-bond donors (Lipinski definition) is 3. The fourth-order valence-electron chi connectivity index (χ4n) is 3.68. The van der Waals surface area contributed by atoms with Crippen molar-refractivity contribution in [1.29, 1.82) is 0 Å². The fourth-order valence-corrected chi connectivity index (χ4v) is 3.68. The second kappa shape index (κ2) is 10.8. The Morgan fingerprint density at radius 2 is 1.77 bits per heavy atom. The summed E-state index contributed by atoms with van der Waals surface area (Å²) in [5, 5.41) is 8.64. The Hall–Kier alpha value is -2.80. The Balaban J connectivity index is 1.53. The van der Waals surface area contributed by atoms with Crippen molar-refractivity contribution >= 4 is 11.9 Å². The molecule has 1 fully saturated rings. The van der Waals surface area contributed by atoms with Crippen molar-refractivity contribution in [1.82, 2.24) is 20.9 Å². The van der Waals surface area contributed by atoms with Crippen molar-refractivity contribution in [3.8, 4) is 0 Å². The number of carbonyl (C=O) groups is 2. The Labute approximate surface area is 178 Å². The second-order valence-corrected chi connectivity index (χ2v) is 8.02. The van der Waals surface area contributed by atoms with Crippen LogP contribution in [0, 0.1) is 0 Å². The summed E-state index contributed by atoms with van der Waals surface area (Å²) in [6.45, 7) is 6.78. The molecule has 0 bridgehead atoms. The van der Waals surface area contributed by atoms with Crippen LogP contribution in [0.25, 0.3) is 0 Å². The maximum absolute atomic E-state index is 12.7. The molecule has 1 atom stereocenters. The van der Waals surface area contributed by atoms with Gasteiger partial charge in [-0.05, 0) is 69.6 Å². The van der Waals surface area contributed by atoms with Gasteiger partial charge in [-0.15, -0.1) is 0 Å². The minimum Gasteiger partial charge on any atom is -0.468 e. The van der Waals surface area contributed by atoms with Crippen molar-refractivity contribution in [2.75, 3.05) is 19.6 Å². The van der Waals surface area contributed by atoms with Crippen molar-refractivity contribution in [3.63, 3.8) is 0 Å². The van der Waals surface area contributed by atoms with E-state index in [9.17, 15) is 9.59 Å². The molecular formula is C23H32N4O3. The third-order valence-electron chi connectivity index (χ3n) is 5.25. The molecule has 0 aliphatic carbocycles. The van der Waals surface area contributed by atoms with E-state index in [1.807, 2.05) is 38.1 Å². The van der Waals surface area contributed by atoms with Crippen molar-refractivity contribution in [3.05, 3.63) is 59.5 Å². The van der Waals surface area contributed by atoms with Crippen LogP contribution in [-0.4, -0.2) is 42.5 Å². The molecule has 0 saturated carbocycles. The minimum absolute atomic E-state index is 0.0483. The number of nitrogens with one attached hydrogen (secondary N) is 3. The normalized spacial score (nSPS) is 15.6. The lowest BCUT2D eigenvalue weighted by Crippen LogP contribution is -2.40. The molecule has 30 heavy (non-hydrogen) atoms. The largest absolute Gasteiger partial charge is 0.468 e. The van der Waals surface area contributed by atoms with Crippen LogP contribution in [0.1, 0.15) is 60.8 Å². The average Bonchev–Trinajstić information content (AvgIpc) is 3.27. The fraction of sp³-hybridized carbons (Fsp3) is 0.478. The lowest BCUT2D eigenvalue weighted by molar-refractivity contribution is 0.0914. The molecule has 162 valence electrons. The van der Waals surface area contributed by atoms with Crippen LogP contribution in [-0.2, 0) is 6.54 Å². The minimum atomic E-state index is -0.200. The summed E-state index contributed by atoms with van der Waals surface area (Å²) < 4.78 is 5.64. The van der Waals surface area contributed by atoms with E-state index in [0.717, 1.165) is 24.4 Å². The molecule has 2 heterocycles. The predicted molar refractivity (Wildman–Crippen MR) is 116 cm³/mol. The number of nitrogens with zero attached hydrogens (tertiary/aromatic N) is 1. The molecule has 7 heteroatoms. The zero-order valence-corrected chi connectivity index (χ0v) is 17.8. The number of rotatable bonds is 8. The van der Waals surface area contributed by atoms with Gasteiger partial charge < -0.3 is 20.4 Å². The topological polar surface area (TPSA) is 86.6 Å². The van der Waals surface area contributed by atoms with E-state index in [1.54, 1.807) is 18.4 Å². The number of amides is 3. The predicted octanol–water partition coefficient (Wildman–Crippen LogP) is 3.44. The molecule has 2 aromatic rings. The van der Waals surface area contributed by atoms with E-state index in [1.165, 1.54) is 19.3 Å². The monoisotopic (exact) mass is 412 g/mol. The number of carbonyl (C=O) groups excluding carboxylic acids is 2.